The zero-order valence-electron chi connectivity index (χ0n) is 17.8. The molecular formula is C23H44O3. The minimum absolute atomic E-state index is 0.0680. The summed E-state index contributed by atoms with van der Waals surface area (Å²) in [6.07, 6.45) is 13.6. The lowest BCUT2D eigenvalue weighted by Gasteiger charge is -2.36. The van der Waals surface area contributed by atoms with Gasteiger partial charge in [-0.3, -0.25) is 4.79 Å². The van der Waals surface area contributed by atoms with Crippen LogP contribution in [0.4, 0.5) is 0 Å². The van der Waals surface area contributed by atoms with E-state index in [-0.39, 0.29) is 18.2 Å². The largest absolute Gasteiger partial charge is 0.462 e. The predicted molar refractivity (Wildman–Crippen MR) is 109 cm³/mol. The summed E-state index contributed by atoms with van der Waals surface area (Å²) in [5.74, 6) is 1.66. The lowest BCUT2D eigenvalue weighted by molar-refractivity contribution is -0.156. The van der Waals surface area contributed by atoms with Crippen molar-refractivity contribution in [1.29, 1.82) is 0 Å². The van der Waals surface area contributed by atoms with Gasteiger partial charge in [0.1, 0.15) is 6.10 Å². The van der Waals surface area contributed by atoms with Crippen LogP contribution in [0.5, 0.6) is 0 Å². The van der Waals surface area contributed by atoms with Gasteiger partial charge in [0, 0.05) is 6.42 Å². The number of rotatable bonds is 13. The Morgan fingerprint density at radius 1 is 1.04 bits per heavy atom. The lowest BCUT2D eigenvalue weighted by atomic mass is 9.75. The number of esters is 1. The molecule has 1 aliphatic rings. The van der Waals surface area contributed by atoms with E-state index in [1.807, 2.05) is 0 Å². The number of hydrogen-bond acceptors (Lipinski definition) is 3. The number of aliphatic hydroxyl groups is 1. The highest BCUT2D eigenvalue weighted by Gasteiger charge is 2.33. The average Bonchev–Trinajstić information content (AvgIpc) is 2.57. The Morgan fingerprint density at radius 2 is 1.69 bits per heavy atom. The molecule has 4 atom stereocenters. The molecule has 0 aromatic rings. The van der Waals surface area contributed by atoms with Gasteiger partial charge in [0.05, 0.1) is 6.10 Å². The first-order valence-corrected chi connectivity index (χ1v) is 11.3. The number of aliphatic hydroxyl groups excluding tert-OH is 1. The molecule has 0 unspecified atom stereocenters. The maximum Gasteiger partial charge on any atom is 0.306 e. The molecule has 3 heteroatoms. The topological polar surface area (TPSA) is 46.5 Å². The Labute approximate surface area is 162 Å². The van der Waals surface area contributed by atoms with Gasteiger partial charge in [0.15, 0.2) is 0 Å². The molecule has 0 amide bonds. The summed E-state index contributed by atoms with van der Waals surface area (Å²) in [6.45, 7) is 8.96. The molecule has 0 aromatic carbocycles. The van der Waals surface area contributed by atoms with Crippen molar-refractivity contribution in [2.75, 3.05) is 0 Å². The molecular weight excluding hydrogens is 324 g/mol. The van der Waals surface area contributed by atoms with Crippen molar-refractivity contribution >= 4 is 5.97 Å². The second kappa shape index (κ2) is 13.6. The van der Waals surface area contributed by atoms with E-state index in [0.29, 0.717) is 24.2 Å². The molecule has 0 spiro atoms. The molecule has 154 valence electrons. The van der Waals surface area contributed by atoms with Crippen LogP contribution in [0.25, 0.3) is 0 Å². The highest BCUT2D eigenvalue weighted by atomic mass is 16.5. The number of carbonyl (C=O) groups is 1. The van der Waals surface area contributed by atoms with Crippen molar-refractivity contribution < 1.29 is 14.6 Å². The zero-order valence-corrected chi connectivity index (χ0v) is 17.8. The Balaban J connectivity index is 2.15. The van der Waals surface area contributed by atoms with Crippen molar-refractivity contribution in [3.8, 4) is 0 Å². The van der Waals surface area contributed by atoms with E-state index in [9.17, 15) is 9.90 Å². The average molecular weight is 369 g/mol. The van der Waals surface area contributed by atoms with E-state index in [1.54, 1.807) is 0 Å². The third-order valence-electron chi connectivity index (χ3n) is 6.05. The van der Waals surface area contributed by atoms with Crippen molar-refractivity contribution in [2.24, 2.45) is 17.8 Å². The van der Waals surface area contributed by atoms with Gasteiger partial charge in [0.25, 0.3) is 0 Å². The smallest absolute Gasteiger partial charge is 0.306 e. The summed E-state index contributed by atoms with van der Waals surface area (Å²) in [7, 11) is 0. The van der Waals surface area contributed by atoms with Crippen LogP contribution in [-0.2, 0) is 9.53 Å². The lowest BCUT2D eigenvalue weighted by Crippen LogP contribution is -2.35. The Bertz CT molecular complexity index is 366. The highest BCUT2D eigenvalue weighted by molar-refractivity contribution is 5.69. The van der Waals surface area contributed by atoms with E-state index in [4.69, 9.17) is 4.74 Å². The summed E-state index contributed by atoms with van der Waals surface area (Å²) in [6, 6.07) is 0. The third-order valence-corrected chi connectivity index (χ3v) is 6.05. The molecule has 1 fully saturated rings. The first-order valence-electron chi connectivity index (χ1n) is 11.3. The second-order valence-corrected chi connectivity index (χ2v) is 8.96. The minimum atomic E-state index is -0.257. The second-order valence-electron chi connectivity index (χ2n) is 8.96. The number of carbonyl (C=O) groups excluding carboxylic acids is 1. The summed E-state index contributed by atoms with van der Waals surface area (Å²) in [4.78, 5) is 12.2. The molecule has 0 radical (unpaired) electrons. The molecule has 1 N–H and O–H groups in total. The fourth-order valence-corrected chi connectivity index (χ4v) is 4.26. The van der Waals surface area contributed by atoms with Gasteiger partial charge in [-0.15, -0.1) is 0 Å². The van der Waals surface area contributed by atoms with E-state index >= 15 is 0 Å². The van der Waals surface area contributed by atoms with Gasteiger partial charge in [-0.25, -0.2) is 0 Å². The summed E-state index contributed by atoms with van der Waals surface area (Å²) < 4.78 is 5.83. The molecule has 1 aliphatic carbocycles. The van der Waals surface area contributed by atoms with E-state index in [0.717, 1.165) is 32.1 Å². The minimum Gasteiger partial charge on any atom is -0.462 e. The number of hydrogen-bond donors (Lipinski definition) is 1. The number of ether oxygens (including phenoxy) is 1. The van der Waals surface area contributed by atoms with Crippen LogP contribution in [0.3, 0.4) is 0 Å². The summed E-state index contributed by atoms with van der Waals surface area (Å²) >= 11 is 0. The van der Waals surface area contributed by atoms with Gasteiger partial charge in [-0.05, 0) is 49.9 Å². The molecule has 0 heterocycles. The van der Waals surface area contributed by atoms with Gasteiger partial charge in [-0.1, -0.05) is 72.6 Å². The normalized spacial score (nSPS) is 24.6. The molecule has 3 nitrogen and oxygen atoms in total. The summed E-state index contributed by atoms with van der Waals surface area (Å²) in [5.41, 5.74) is 0. The van der Waals surface area contributed by atoms with Crippen LogP contribution < -0.4 is 0 Å². The van der Waals surface area contributed by atoms with Gasteiger partial charge < -0.3 is 9.84 Å². The first kappa shape index (κ1) is 23.5. The van der Waals surface area contributed by atoms with Crippen molar-refractivity contribution in [3.05, 3.63) is 0 Å². The Kier molecular flexibility index (Phi) is 12.3. The van der Waals surface area contributed by atoms with E-state index in [2.05, 4.69) is 27.7 Å². The van der Waals surface area contributed by atoms with Crippen LogP contribution in [-0.4, -0.2) is 23.3 Å². The first-order chi connectivity index (χ1) is 12.4. The predicted octanol–water partition coefficient (Wildman–Crippen LogP) is 6.27. The molecule has 26 heavy (non-hydrogen) atoms. The third kappa shape index (κ3) is 9.94. The van der Waals surface area contributed by atoms with Gasteiger partial charge in [0.2, 0.25) is 0 Å². The molecule has 0 aromatic heterocycles. The Hall–Kier alpha value is -0.570. The molecule has 0 aliphatic heterocycles. The van der Waals surface area contributed by atoms with E-state index < -0.39 is 0 Å². The fourth-order valence-electron chi connectivity index (χ4n) is 4.26. The molecule has 1 saturated carbocycles. The van der Waals surface area contributed by atoms with Crippen LogP contribution in [0.1, 0.15) is 111 Å². The van der Waals surface area contributed by atoms with E-state index in [1.165, 1.54) is 44.9 Å². The standard InChI is InChI=1S/C23H44O3/c1-5-6-7-8-9-10-12-20(24)13-11-14-23(25)26-22-17-19(4)15-16-21(22)18(2)3/h18-22,24H,5-17H2,1-4H3/t19-,20-,21+,22-/m1/s1. The fraction of sp³-hybridized carbons (Fsp3) is 0.957. The van der Waals surface area contributed by atoms with Crippen molar-refractivity contribution in [3.63, 3.8) is 0 Å². The quantitative estimate of drug-likeness (QED) is 0.308. The van der Waals surface area contributed by atoms with Gasteiger partial charge >= 0.3 is 5.97 Å². The maximum absolute atomic E-state index is 12.2. The van der Waals surface area contributed by atoms with Crippen LogP contribution in [0.15, 0.2) is 0 Å². The Morgan fingerprint density at radius 3 is 2.38 bits per heavy atom. The molecule has 0 saturated heterocycles. The number of unbranched alkanes of at least 4 members (excludes halogenated alkanes) is 5. The molecule has 1 rings (SSSR count). The van der Waals surface area contributed by atoms with Crippen molar-refractivity contribution in [2.45, 2.75) is 123 Å². The zero-order chi connectivity index (χ0) is 19.4. The van der Waals surface area contributed by atoms with Crippen LogP contribution in [0.2, 0.25) is 0 Å². The van der Waals surface area contributed by atoms with Crippen LogP contribution >= 0.6 is 0 Å². The maximum atomic E-state index is 12.2. The molecule has 0 bridgehead atoms. The monoisotopic (exact) mass is 368 g/mol. The SMILES string of the molecule is CCCCCCCC[C@@H](O)CCCC(=O)O[C@@H]1C[C@H](C)CC[C@H]1C(C)C. The van der Waals surface area contributed by atoms with Crippen LogP contribution in [0, 0.1) is 17.8 Å². The summed E-state index contributed by atoms with van der Waals surface area (Å²) in [5, 5.41) is 10.1. The van der Waals surface area contributed by atoms with Gasteiger partial charge in [-0.2, -0.15) is 0 Å². The highest BCUT2D eigenvalue weighted by Crippen LogP contribution is 2.35. The van der Waals surface area contributed by atoms with Crippen molar-refractivity contribution in [1.82, 2.24) is 0 Å².